The van der Waals surface area contributed by atoms with Gasteiger partial charge in [-0.2, -0.15) is 16.6 Å². The Balaban J connectivity index is 1.52. The first-order chi connectivity index (χ1) is 12.1. The van der Waals surface area contributed by atoms with Crippen molar-refractivity contribution in [3.05, 3.63) is 52.2 Å². The van der Waals surface area contributed by atoms with Gasteiger partial charge in [-0.3, -0.25) is 9.59 Å². The molecule has 6 heteroatoms. The molecule has 0 bridgehead atoms. The van der Waals surface area contributed by atoms with E-state index in [1.807, 2.05) is 27.8 Å². The predicted molar refractivity (Wildman–Crippen MR) is 95.4 cm³/mol. The number of thiophene rings is 1. The van der Waals surface area contributed by atoms with Crippen LogP contribution in [0.5, 0.6) is 0 Å². The summed E-state index contributed by atoms with van der Waals surface area (Å²) in [6, 6.07) is 11.1. The van der Waals surface area contributed by atoms with E-state index in [1.54, 1.807) is 23.1 Å². The summed E-state index contributed by atoms with van der Waals surface area (Å²) in [7, 11) is 0. The van der Waals surface area contributed by atoms with E-state index in [4.69, 9.17) is 5.26 Å². The maximum absolute atomic E-state index is 12.6. The molecule has 1 aromatic heterocycles. The van der Waals surface area contributed by atoms with Crippen LogP contribution in [0.3, 0.4) is 0 Å². The molecule has 4 rings (SSSR count). The number of nitriles is 1. The average molecular weight is 351 g/mol. The number of amides is 2. The van der Waals surface area contributed by atoms with Gasteiger partial charge in [0.2, 0.25) is 5.91 Å². The molecule has 1 spiro atoms. The molecule has 0 aliphatic carbocycles. The third-order valence-electron chi connectivity index (χ3n) is 5.10. The standard InChI is InChI=1S/C19H17N3O2S/c20-10-14-2-1-3-16(8-14)22-13-19(9-17(22)23)5-6-21(12-19)18(24)15-4-7-25-11-15/h1-4,7-8,11H,5-6,9,12-13H2. The van der Waals surface area contributed by atoms with Gasteiger partial charge in [0, 0.05) is 42.5 Å². The SMILES string of the molecule is N#Cc1cccc(N2CC3(CCN(C(=O)c4ccsc4)C3)CC2=O)c1. The fourth-order valence-corrected chi connectivity index (χ4v) is 4.45. The van der Waals surface area contributed by atoms with Crippen molar-refractivity contribution in [2.75, 3.05) is 24.5 Å². The number of rotatable bonds is 2. The van der Waals surface area contributed by atoms with E-state index in [9.17, 15) is 9.59 Å². The highest BCUT2D eigenvalue weighted by atomic mass is 32.1. The minimum Gasteiger partial charge on any atom is -0.338 e. The summed E-state index contributed by atoms with van der Waals surface area (Å²) in [5.41, 5.74) is 1.87. The summed E-state index contributed by atoms with van der Waals surface area (Å²) < 4.78 is 0. The van der Waals surface area contributed by atoms with E-state index in [0.717, 1.165) is 17.7 Å². The van der Waals surface area contributed by atoms with Crippen LogP contribution >= 0.6 is 11.3 Å². The zero-order valence-corrected chi connectivity index (χ0v) is 14.5. The molecule has 1 unspecified atom stereocenters. The highest BCUT2D eigenvalue weighted by Gasteiger charge is 2.48. The molecule has 2 aromatic rings. The summed E-state index contributed by atoms with van der Waals surface area (Å²) in [6.07, 6.45) is 1.29. The molecule has 2 aliphatic rings. The fraction of sp³-hybridized carbons (Fsp3) is 0.316. The Bertz CT molecular complexity index is 871. The number of hydrogen-bond acceptors (Lipinski definition) is 4. The third-order valence-corrected chi connectivity index (χ3v) is 5.78. The molecular weight excluding hydrogens is 334 g/mol. The Kier molecular flexibility index (Phi) is 3.81. The average Bonchev–Trinajstić information content (AvgIpc) is 3.36. The van der Waals surface area contributed by atoms with Gasteiger partial charge in [-0.1, -0.05) is 6.07 Å². The van der Waals surface area contributed by atoms with Gasteiger partial charge in [0.1, 0.15) is 0 Å². The summed E-state index contributed by atoms with van der Waals surface area (Å²) >= 11 is 1.52. The third kappa shape index (κ3) is 2.81. The topological polar surface area (TPSA) is 64.4 Å². The minimum atomic E-state index is -0.175. The molecule has 2 amide bonds. The van der Waals surface area contributed by atoms with Crippen LogP contribution in [0.1, 0.15) is 28.8 Å². The molecule has 1 aromatic carbocycles. The Morgan fingerprint density at radius 1 is 1.28 bits per heavy atom. The van der Waals surface area contributed by atoms with Crippen LogP contribution < -0.4 is 4.90 Å². The quantitative estimate of drug-likeness (QED) is 0.836. The lowest BCUT2D eigenvalue weighted by Crippen LogP contribution is -2.34. The summed E-state index contributed by atoms with van der Waals surface area (Å²) in [6.45, 7) is 1.91. The summed E-state index contributed by atoms with van der Waals surface area (Å²) in [5, 5.41) is 12.8. The molecule has 2 aliphatic heterocycles. The number of anilines is 1. The predicted octanol–water partition coefficient (Wildman–Crippen LogP) is 2.89. The highest BCUT2D eigenvalue weighted by Crippen LogP contribution is 2.42. The lowest BCUT2D eigenvalue weighted by atomic mass is 9.86. The van der Waals surface area contributed by atoms with Crippen LogP contribution in [0.2, 0.25) is 0 Å². The number of carbonyl (C=O) groups excluding carboxylic acids is 2. The lowest BCUT2D eigenvalue weighted by Gasteiger charge is -2.24. The zero-order chi connectivity index (χ0) is 17.4. The molecule has 0 N–H and O–H groups in total. The van der Waals surface area contributed by atoms with E-state index >= 15 is 0 Å². The van der Waals surface area contributed by atoms with Crippen molar-refractivity contribution in [2.24, 2.45) is 5.41 Å². The molecule has 2 saturated heterocycles. The second kappa shape index (κ2) is 6.01. The number of carbonyl (C=O) groups is 2. The molecule has 1 atom stereocenters. The second-order valence-corrected chi connectivity index (χ2v) is 7.59. The Morgan fingerprint density at radius 3 is 2.92 bits per heavy atom. The minimum absolute atomic E-state index is 0.0514. The van der Waals surface area contributed by atoms with Crippen molar-refractivity contribution in [3.8, 4) is 6.07 Å². The maximum atomic E-state index is 12.6. The fourth-order valence-electron chi connectivity index (χ4n) is 3.82. The van der Waals surface area contributed by atoms with Gasteiger partial charge in [0.05, 0.1) is 17.2 Å². The van der Waals surface area contributed by atoms with Gasteiger partial charge in [0.25, 0.3) is 5.91 Å². The summed E-state index contributed by atoms with van der Waals surface area (Å²) in [5.74, 6) is 0.121. The van der Waals surface area contributed by atoms with E-state index in [0.29, 0.717) is 31.6 Å². The number of nitrogens with zero attached hydrogens (tertiary/aromatic N) is 3. The molecule has 5 nitrogen and oxygen atoms in total. The Morgan fingerprint density at radius 2 is 2.16 bits per heavy atom. The van der Waals surface area contributed by atoms with Crippen LogP contribution in [0.4, 0.5) is 5.69 Å². The van der Waals surface area contributed by atoms with Gasteiger partial charge in [-0.25, -0.2) is 0 Å². The van der Waals surface area contributed by atoms with Gasteiger partial charge >= 0.3 is 0 Å². The summed E-state index contributed by atoms with van der Waals surface area (Å²) in [4.78, 5) is 28.8. The van der Waals surface area contributed by atoms with Crippen LogP contribution in [0, 0.1) is 16.7 Å². The van der Waals surface area contributed by atoms with Crippen LogP contribution in [0.25, 0.3) is 0 Å². The Hall–Kier alpha value is -2.65. The normalized spacial score (nSPS) is 22.6. The largest absolute Gasteiger partial charge is 0.338 e. The van der Waals surface area contributed by atoms with E-state index in [-0.39, 0.29) is 17.2 Å². The first kappa shape index (κ1) is 15.9. The molecule has 0 radical (unpaired) electrons. The molecule has 25 heavy (non-hydrogen) atoms. The van der Waals surface area contributed by atoms with Crippen LogP contribution in [-0.2, 0) is 4.79 Å². The zero-order valence-electron chi connectivity index (χ0n) is 13.6. The van der Waals surface area contributed by atoms with Crippen LogP contribution in [-0.4, -0.2) is 36.3 Å². The van der Waals surface area contributed by atoms with E-state index < -0.39 is 0 Å². The van der Waals surface area contributed by atoms with Crippen molar-refractivity contribution in [2.45, 2.75) is 12.8 Å². The first-order valence-corrected chi connectivity index (χ1v) is 9.17. The molecule has 3 heterocycles. The van der Waals surface area contributed by atoms with Gasteiger partial charge in [-0.15, -0.1) is 0 Å². The van der Waals surface area contributed by atoms with E-state index in [2.05, 4.69) is 6.07 Å². The molecule has 0 saturated carbocycles. The smallest absolute Gasteiger partial charge is 0.254 e. The van der Waals surface area contributed by atoms with E-state index in [1.165, 1.54) is 11.3 Å². The van der Waals surface area contributed by atoms with Gasteiger partial charge < -0.3 is 9.80 Å². The number of benzene rings is 1. The Labute approximate surface area is 150 Å². The highest BCUT2D eigenvalue weighted by molar-refractivity contribution is 7.08. The van der Waals surface area contributed by atoms with Gasteiger partial charge in [0.15, 0.2) is 0 Å². The molecule has 126 valence electrons. The van der Waals surface area contributed by atoms with Crippen molar-refractivity contribution in [3.63, 3.8) is 0 Å². The first-order valence-electron chi connectivity index (χ1n) is 8.22. The lowest BCUT2D eigenvalue weighted by molar-refractivity contribution is -0.117. The second-order valence-electron chi connectivity index (χ2n) is 6.81. The van der Waals surface area contributed by atoms with Crippen molar-refractivity contribution in [1.82, 2.24) is 4.90 Å². The van der Waals surface area contributed by atoms with Crippen molar-refractivity contribution in [1.29, 1.82) is 5.26 Å². The molecule has 2 fully saturated rings. The van der Waals surface area contributed by atoms with Crippen LogP contribution in [0.15, 0.2) is 41.1 Å². The van der Waals surface area contributed by atoms with Crippen molar-refractivity contribution < 1.29 is 9.59 Å². The van der Waals surface area contributed by atoms with Gasteiger partial charge in [-0.05, 0) is 36.1 Å². The number of hydrogen-bond donors (Lipinski definition) is 0. The number of likely N-dealkylation sites (tertiary alicyclic amines) is 1. The molecular formula is C19H17N3O2S. The van der Waals surface area contributed by atoms with Crippen molar-refractivity contribution >= 4 is 28.8 Å². The monoisotopic (exact) mass is 351 g/mol. The maximum Gasteiger partial charge on any atom is 0.254 e.